The lowest BCUT2D eigenvalue weighted by Crippen LogP contribution is -2.29. The Morgan fingerprint density at radius 3 is 2.50 bits per heavy atom. The average molecular weight is 246 g/mol. The Balaban J connectivity index is 3.02. The van der Waals surface area contributed by atoms with Gasteiger partial charge in [-0.05, 0) is 26.8 Å². The second-order valence-electron chi connectivity index (χ2n) is 3.73. The summed E-state index contributed by atoms with van der Waals surface area (Å²) in [5.74, 6) is 0. The molecule has 1 aromatic heterocycles. The number of rotatable bonds is 5. The normalized spacial score (nSPS) is 12.3. The molecule has 0 saturated heterocycles. The summed E-state index contributed by atoms with van der Waals surface area (Å²) < 4.78 is 25.6. The largest absolute Gasteiger partial charge is 0.330 e. The molecule has 7 heteroatoms. The molecule has 0 aliphatic heterocycles. The number of aryl methyl sites for hydroxylation is 2. The van der Waals surface area contributed by atoms with E-state index in [9.17, 15) is 8.42 Å². The van der Waals surface area contributed by atoms with Gasteiger partial charge in [0.15, 0.2) is 0 Å². The number of aromatic nitrogens is 2. The van der Waals surface area contributed by atoms with Gasteiger partial charge in [0.1, 0.15) is 4.90 Å². The third-order valence-electron chi connectivity index (χ3n) is 2.41. The van der Waals surface area contributed by atoms with Crippen molar-refractivity contribution in [2.24, 2.45) is 5.73 Å². The Morgan fingerprint density at radius 1 is 1.44 bits per heavy atom. The monoisotopic (exact) mass is 246 g/mol. The lowest BCUT2D eigenvalue weighted by atomic mass is 10.4. The second kappa shape index (κ2) is 4.94. The zero-order chi connectivity index (χ0) is 12.3. The topological polar surface area (TPSA) is 92.1 Å². The van der Waals surface area contributed by atoms with Gasteiger partial charge in [0.05, 0.1) is 11.4 Å². The van der Waals surface area contributed by atoms with Crippen LogP contribution >= 0.6 is 0 Å². The second-order valence-corrected chi connectivity index (χ2v) is 5.71. The maximum Gasteiger partial charge on any atom is 0.246 e. The van der Waals surface area contributed by atoms with Crippen LogP contribution in [0.1, 0.15) is 17.8 Å². The highest BCUT2D eigenvalue weighted by Gasteiger charge is 2.26. The van der Waals surface area contributed by atoms with Crippen LogP contribution in [0.2, 0.25) is 0 Å². The minimum absolute atomic E-state index is 0.270. The molecular weight excluding hydrogens is 228 g/mol. The molecule has 0 atom stereocenters. The molecular formula is C9H18N4O2S. The molecule has 1 rings (SSSR count). The lowest BCUT2D eigenvalue weighted by molar-refractivity contribution is 0.463. The molecule has 0 spiro atoms. The van der Waals surface area contributed by atoms with Crippen molar-refractivity contribution in [3.63, 3.8) is 0 Å². The Kier molecular flexibility index (Phi) is 4.06. The molecule has 1 aromatic rings. The van der Waals surface area contributed by atoms with Crippen LogP contribution < -0.4 is 5.73 Å². The zero-order valence-corrected chi connectivity index (χ0v) is 10.6. The predicted octanol–water partition coefficient (Wildman–Crippen LogP) is -0.00416. The highest BCUT2D eigenvalue weighted by atomic mass is 32.2. The van der Waals surface area contributed by atoms with Gasteiger partial charge >= 0.3 is 0 Å². The van der Waals surface area contributed by atoms with Gasteiger partial charge in [0.2, 0.25) is 10.0 Å². The van der Waals surface area contributed by atoms with E-state index in [2.05, 4.69) is 10.2 Å². The Bertz CT molecular complexity index is 433. The molecule has 6 nitrogen and oxygen atoms in total. The van der Waals surface area contributed by atoms with Crippen molar-refractivity contribution in [2.75, 3.05) is 20.1 Å². The van der Waals surface area contributed by atoms with E-state index < -0.39 is 10.0 Å². The van der Waals surface area contributed by atoms with Gasteiger partial charge in [-0.15, -0.1) is 0 Å². The van der Waals surface area contributed by atoms with Gasteiger partial charge in [-0.25, -0.2) is 12.7 Å². The molecule has 0 saturated carbocycles. The van der Waals surface area contributed by atoms with Crippen LogP contribution in [0.15, 0.2) is 4.90 Å². The van der Waals surface area contributed by atoms with Crippen LogP contribution in [0.4, 0.5) is 0 Å². The average Bonchev–Trinajstić information content (AvgIpc) is 2.55. The highest BCUT2D eigenvalue weighted by Crippen LogP contribution is 2.20. The smallest absolute Gasteiger partial charge is 0.246 e. The Morgan fingerprint density at radius 2 is 2.06 bits per heavy atom. The maximum absolute atomic E-state index is 12.2. The van der Waals surface area contributed by atoms with Crippen LogP contribution in [0, 0.1) is 13.8 Å². The van der Waals surface area contributed by atoms with Gasteiger partial charge in [-0.3, -0.25) is 5.10 Å². The molecule has 16 heavy (non-hydrogen) atoms. The van der Waals surface area contributed by atoms with Gasteiger partial charge in [-0.1, -0.05) is 0 Å². The molecule has 3 N–H and O–H groups in total. The fourth-order valence-corrected chi connectivity index (χ4v) is 3.04. The molecule has 1 heterocycles. The number of nitrogens with two attached hydrogens (primary N) is 1. The van der Waals surface area contributed by atoms with E-state index in [1.165, 1.54) is 4.31 Å². The molecule has 92 valence electrons. The SMILES string of the molecule is Cc1n[nH]c(C)c1S(=O)(=O)N(C)CCCN. The number of nitrogens with one attached hydrogen (secondary N) is 1. The Labute approximate surface area is 95.9 Å². The number of hydrogen-bond acceptors (Lipinski definition) is 4. The van der Waals surface area contributed by atoms with E-state index in [-0.39, 0.29) is 4.90 Å². The van der Waals surface area contributed by atoms with Crippen LogP contribution in [0.3, 0.4) is 0 Å². The highest BCUT2D eigenvalue weighted by molar-refractivity contribution is 7.89. The summed E-state index contributed by atoms with van der Waals surface area (Å²) in [7, 11) is -1.89. The number of aromatic amines is 1. The summed E-state index contributed by atoms with van der Waals surface area (Å²) in [6.45, 7) is 4.27. The number of hydrogen-bond donors (Lipinski definition) is 2. The lowest BCUT2D eigenvalue weighted by Gasteiger charge is -2.16. The van der Waals surface area contributed by atoms with Crippen molar-refractivity contribution < 1.29 is 8.42 Å². The fourth-order valence-electron chi connectivity index (χ4n) is 1.51. The van der Waals surface area contributed by atoms with E-state index in [1.807, 2.05) is 0 Å². The summed E-state index contributed by atoms with van der Waals surface area (Å²) in [5, 5.41) is 6.56. The van der Waals surface area contributed by atoms with E-state index in [4.69, 9.17) is 5.73 Å². The molecule has 0 fully saturated rings. The van der Waals surface area contributed by atoms with Crippen molar-refractivity contribution >= 4 is 10.0 Å². The summed E-state index contributed by atoms with van der Waals surface area (Å²) in [6, 6.07) is 0. The molecule has 0 radical (unpaired) electrons. The minimum atomic E-state index is -3.45. The van der Waals surface area contributed by atoms with Gasteiger partial charge in [0, 0.05) is 13.6 Å². The summed E-state index contributed by atoms with van der Waals surface area (Å²) in [5.41, 5.74) is 6.42. The molecule has 0 aliphatic rings. The third-order valence-corrected chi connectivity index (χ3v) is 4.53. The van der Waals surface area contributed by atoms with Crippen molar-refractivity contribution in [2.45, 2.75) is 25.2 Å². The molecule has 0 amide bonds. The van der Waals surface area contributed by atoms with Crippen LogP contribution in [0.5, 0.6) is 0 Å². The first kappa shape index (κ1) is 13.1. The summed E-state index contributed by atoms with van der Waals surface area (Å²) >= 11 is 0. The fraction of sp³-hybridized carbons (Fsp3) is 0.667. The number of nitrogens with zero attached hydrogens (tertiary/aromatic N) is 2. The third kappa shape index (κ3) is 2.42. The Hall–Kier alpha value is -0.920. The molecule has 0 aromatic carbocycles. The van der Waals surface area contributed by atoms with Gasteiger partial charge < -0.3 is 5.73 Å². The maximum atomic E-state index is 12.2. The summed E-state index contributed by atoms with van der Waals surface area (Å²) in [6.07, 6.45) is 0.645. The first-order valence-electron chi connectivity index (χ1n) is 5.09. The van der Waals surface area contributed by atoms with Crippen molar-refractivity contribution in [3.05, 3.63) is 11.4 Å². The minimum Gasteiger partial charge on any atom is -0.330 e. The van der Waals surface area contributed by atoms with Crippen molar-refractivity contribution in [1.29, 1.82) is 0 Å². The predicted molar refractivity (Wildman–Crippen MR) is 61.5 cm³/mol. The van der Waals surface area contributed by atoms with Crippen LogP contribution in [0.25, 0.3) is 0 Å². The first-order valence-corrected chi connectivity index (χ1v) is 6.53. The van der Waals surface area contributed by atoms with Crippen molar-refractivity contribution in [1.82, 2.24) is 14.5 Å². The number of sulfonamides is 1. The van der Waals surface area contributed by atoms with Gasteiger partial charge in [-0.2, -0.15) is 5.10 Å². The summed E-state index contributed by atoms with van der Waals surface area (Å²) in [4.78, 5) is 0.270. The number of H-pyrrole nitrogens is 1. The zero-order valence-electron chi connectivity index (χ0n) is 9.82. The standard InChI is InChI=1S/C9H18N4O2S/c1-7-9(8(2)12-11-7)16(14,15)13(3)6-4-5-10/h4-6,10H2,1-3H3,(H,11,12). The van der Waals surface area contributed by atoms with E-state index in [0.717, 1.165) is 0 Å². The molecule has 0 bridgehead atoms. The van der Waals surface area contributed by atoms with Crippen molar-refractivity contribution in [3.8, 4) is 0 Å². The first-order chi connectivity index (χ1) is 7.41. The van der Waals surface area contributed by atoms with Crippen LogP contribution in [-0.4, -0.2) is 43.1 Å². The quantitative estimate of drug-likeness (QED) is 0.764. The molecule has 0 unspecified atom stereocenters. The van der Waals surface area contributed by atoms with Gasteiger partial charge in [0.25, 0.3) is 0 Å². The van der Waals surface area contributed by atoms with E-state index in [0.29, 0.717) is 30.9 Å². The van der Waals surface area contributed by atoms with E-state index in [1.54, 1.807) is 20.9 Å². The molecule has 0 aliphatic carbocycles. The van der Waals surface area contributed by atoms with E-state index >= 15 is 0 Å². The van der Waals surface area contributed by atoms with Crippen LogP contribution in [-0.2, 0) is 10.0 Å².